The molecule has 0 aliphatic carbocycles. The number of unbranched alkanes of at least 4 members (excludes halogenated alkanes) is 7. The molecule has 1 aromatic rings. The van der Waals surface area contributed by atoms with Crippen molar-refractivity contribution in [3.8, 4) is 0 Å². The summed E-state index contributed by atoms with van der Waals surface area (Å²) in [6.07, 6.45) is 7.73. The van der Waals surface area contributed by atoms with E-state index in [4.69, 9.17) is 10.5 Å². The number of carbonyl (C=O) groups excluding carboxylic acids is 6. The number of hydrogen-bond donors (Lipinski definition) is 6. The molecule has 2 rings (SSSR count). The highest BCUT2D eigenvalue weighted by atomic mass is 16.5. The van der Waals surface area contributed by atoms with Gasteiger partial charge in [-0.15, -0.1) is 0 Å². The number of ether oxygens (including phenoxy) is 1. The van der Waals surface area contributed by atoms with Crippen LogP contribution in [-0.2, 0) is 39.9 Å². The topological polar surface area (TPSA) is 209 Å². The van der Waals surface area contributed by atoms with Crippen molar-refractivity contribution in [2.75, 3.05) is 20.1 Å². The summed E-state index contributed by atoms with van der Waals surface area (Å²) in [5, 5.41) is 20.7. The van der Waals surface area contributed by atoms with Crippen LogP contribution in [-0.4, -0.2) is 102 Å². The van der Waals surface area contributed by atoms with Crippen LogP contribution in [0.4, 0.5) is 0 Å². The van der Waals surface area contributed by atoms with Crippen LogP contribution < -0.4 is 27.0 Å². The molecule has 8 atom stereocenters. The normalized spacial score (nSPS) is 25.2. The summed E-state index contributed by atoms with van der Waals surface area (Å²) in [5.74, 6) is -5.38. The standard InChI is InChI=1S/C40H66N6O8/c1-7-9-10-11-12-13-14-18-21-32-27(4)40(53)46(6)31(23-22-29-19-16-15-17-20-29)37(50)44-34(26(3)8-2)39(52)43-30(24-41)36(49)45-35(28(5)47)38(51)42-25-33(48)54-32/h15-17,19-20,26-28,30-32,34-35,47H,7-14,18,21-25,41H2,1-6H3,(H,42,51)(H,43,52)(H,44,50)(H,45,49)/t26?,27-,28?,30+,31+,32-,34+,35+/m1/s1. The Morgan fingerprint density at radius 1 is 0.815 bits per heavy atom. The molecule has 54 heavy (non-hydrogen) atoms. The molecule has 0 bridgehead atoms. The second kappa shape index (κ2) is 24.4. The van der Waals surface area contributed by atoms with Gasteiger partial charge in [-0.2, -0.15) is 0 Å². The lowest BCUT2D eigenvalue weighted by atomic mass is 9.94. The van der Waals surface area contributed by atoms with Crippen LogP contribution in [0, 0.1) is 11.8 Å². The average Bonchev–Trinajstić information content (AvgIpc) is 3.16. The fourth-order valence-electron chi connectivity index (χ4n) is 6.56. The summed E-state index contributed by atoms with van der Waals surface area (Å²) in [6.45, 7) is 7.83. The van der Waals surface area contributed by atoms with E-state index in [-0.39, 0.29) is 18.9 Å². The number of aliphatic hydroxyl groups excluding tert-OH is 1. The lowest BCUT2D eigenvalue weighted by Crippen LogP contribution is -2.62. The van der Waals surface area contributed by atoms with Crippen LogP contribution in [0.2, 0.25) is 0 Å². The number of amides is 5. The Kier molecular flexibility index (Phi) is 20.8. The molecule has 304 valence electrons. The van der Waals surface area contributed by atoms with Gasteiger partial charge in [-0.05, 0) is 44.1 Å². The predicted molar refractivity (Wildman–Crippen MR) is 207 cm³/mol. The Morgan fingerprint density at radius 2 is 1.43 bits per heavy atom. The third kappa shape index (κ3) is 15.0. The SMILES string of the molecule is CCCCCCCCCC[C@H]1OC(=O)CNC(=O)[C@H](C(C)O)NC(=O)[C@H](CN)NC(=O)[C@H](C(C)CC)NC(=O)[C@H](CCc2ccccc2)N(C)C(=O)[C@@H]1C. The summed E-state index contributed by atoms with van der Waals surface area (Å²) in [5.41, 5.74) is 6.83. The second-order valence-electron chi connectivity index (χ2n) is 14.7. The number of benzene rings is 1. The van der Waals surface area contributed by atoms with E-state index in [1.807, 2.05) is 37.3 Å². The minimum absolute atomic E-state index is 0.239. The number of nitrogens with one attached hydrogen (secondary N) is 4. The minimum Gasteiger partial charge on any atom is -0.460 e. The van der Waals surface area contributed by atoms with Gasteiger partial charge in [0.25, 0.3) is 0 Å². The van der Waals surface area contributed by atoms with Crippen LogP contribution in [0.5, 0.6) is 0 Å². The Bertz CT molecular complexity index is 1340. The number of aryl methyl sites for hydroxylation is 1. The molecule has 0 aromatic heterocycles. The Labute approximate surface area is 321 Å². The van der Waals surface area contributed by atoms with Gasteiger partial charge in [-0.3, -0.25) is 28.8 Å². The number of carbonyl (C=O) groups is 6. The maximum Gasteiger partial charge on any atom is 0.325 e. The van der Waals surface area contributed by atoms with Gasteiger partial charge in [0.05, 0.1) is 12.0 Å². The van der Waals surface area contributed by atoms with Crippen molar-refractivity contribution in [1.29, 1.82) is 0 Å². The first-order valence-corrected chi connectivity index (χ1v) is 19.8. The summed E-state index contributed by atoms with van der Waals surface area (Å²) in [4.78, 5) is 83.2. The highest BCUT2D eigenvalue weighted by molar-refractivity contribution is 5.96. The van der Waals surface area contributed by atoms with Crippen molar-refractivity contribution < 1.29 is 38.6 Å². The molecular formula is C40H66N6O8. The number of esters is 1. The molecule has 14 heteroatoms. The van der Waals surface area contributed by atoms with E-state index in [9.17, 15) is 33.9 Å². The first-order valence-electron chi connectivity index (χ1n) is 19.8. The number of aliphatic hydroxyl groups is 1. The van der Waals surface area contributed by atoms with E-state index < -0.39 is 84.3 Å². The van der Waals surface area contributed by atoms with Crippen molar-refractivity contribution in [3.63, 3.8) is 0 Å². The highest BCUT2D eigenvalue weighted by Gasteiger charge is 2.38. The first kappa shape index (κ1) is 46.1. The van der Waals surface area contributed by atoms with Crippen molar-refractivity contribution in [1.82, 2.24) is 26.2 Å². The molecule has 7 N–H and O–H groups in total. The number of likely N-dealkylation sites (N-methyl/N-ethyl adjacent to an activating group) is 1. The Morgan fingerprint density at radius 3 is 2.02 bits per heavy atom. The molecule has 0 spiro atoms. The zero-order valence-electron chi connectivity index (χ0n) is 33.2. The number of rotatable bonds is 16. The van der Waals surface area contributed by atoms with Gasteiger partial charge < -0.3 is 41.7 Å². The van der Waals surface area contributed by atoms with E-state index in [1.165, 1.54) is 38.1 Å². The molecule has 2 unspecified atom stereocenters. The van der Waals surface area contributed by atoms with Gasteiger partial charge in [0, 0.05) is 13.6 Å². The Hall–Kier alpha value is -4.04. The van der Waals surface area contributed by atoms with Gasteiger partial charge >= 0.3 is 5.97 Å². The smallest absolute Gasteiger partial charge is 0.325 e. The van der Waals surface area contributed by atoms with Gasteiger partial charge in [-0.1, -0.05) is 109 Å². The first-order chi connectivity index (χ1) is 25.7. The van der Waals surface area contributed by atoms with E-state index >= 15 is 0 Å². The molecule has 1 aliphatic heterocycles. The minimum atomic E-state index is -1.49. The Balaban J connectivity index is 2.51. The summed E-state index contributed by atoms with van der Waals surface area (Å²) in [7, 11) is 1.54. The van der Waals surface area contributed by atoms with E-state index in [1.54, 1.807) is 13.8 Å². The van der Waals surface area contributed by atoms with Gasteiger partial charge in [0.2, 0.25) is 29.5 Å². The van der Waals surface area contributed by atoms with E-state index in [0.29, 0.717) is 25.7 Å². The fourth-order valence-corrected chi connectivity index (χ4v) is 6.56. The number of nitrogens with two attached hydrogens (primary N) is 1. The molecule has 1 aliphatic rings. The number of nitrogens with zero attached hydrogens (tertiary/aromatic N) is 1. The monoisotopic (exact) mass is 758 g/mol. The molecular weight excluding hydrogens is 692 g/mol. The maximum absolute atomic E-state index is 14.2. The van der Waals surface area contributed by atoms with Crippen molar-refractivity contribution >= 4 is 35.5 Å². The largest absolute Gasteiger partial charge is 0.460 e. The second-order valence-corrected chi connectivity index (χ2v) is 14.7. The van der Waals surface area contributed by atoms with Crippen molar-refractivity contribution in [2.45, 2.75) is 148 Å². The molecule has 0 saturated carbocycles. The predicted octanol–water partition coefficient (Wildman–Crippen LogP) is 2.49. The van der Waals surface area contributed by atoms with E-state index in [2.05, 4.69) is 28.2 Å². The third-order valence-electron chi connectivity index (χ3n) is 10.4. The van der Waals surface area contributed by atoms with Crippen LogP contribution in [0.1, 0.15) is 111 Å². The van der Waals surface area contributed by atoms with Crippen LogP contribution >= 0.6 is 0 Å². The highest BCUT2D eigenvalue weighted by Crippen LogP contribution is 2.22. The maximum atomic E-state index is 14.2. The molecule has 1 aromatic carbocycles. The van der Waals surface area contributed by atoms with Crippen molar-refractivity contribution in [3.05, 3.63) is 35.9 Å². The number of cyclic esters (lactones) is 1. The number of hydrogen-bond acceptors (Lipinski definition) is 9. The molecule has 1 fully saturated rings. The van der Waals surface area contributed by atoms with Crippen LogP contribution in [0.25, 0.3) is 0 Å². The lowest BCUT2D eigenvalue weighted by molar-refractivity contribution is -0.157. The molecule has 1 saturated heterocycles. The summed E-state index contributed by atoms with van der Waals surface area (Å²) < 4.78 is 5.85. The zero-order valence-corrected chi connectivity index (χ0v) is 33.2. The van der Waals surface area contributed by atoms with Gasteiger partial charge in [0.15, 0.2) is 0 Å². The lowest BCUT2D eigenvalue weighted by Gasteiger charge is -2.34. The molecule has 14 nitrogen and oxygen atoms in total. The fraction of sp³-hybridized carbons (Fsp3) is 0.700. The third-order valence-corrected chi connectivity index (χ3v) is 10.4. The quantitative estimate of drug-likeness (QED) is 0.108. The van der Waals surface area contributed by atoms with Crippen LogP contribution in [0.15, 0.2) is 30.3 Å². The van der Waals surface area contributed by atoms with Gasteiger partial charge in [-0.25, -0.2) is 0 Å². The molecule has 1 heterocycles. The zero-order chi connectivity index (χ0) is 40.2. The molecule has 0 radical (unpaired) electrons. The van der Waals surface area contributed by atoms with E-state index in [0.717, 1.165) is 31.2 Å². The average molecular weight is 759 g/mol. The van der Waals surface area contributed by atoms with Crippen molar-refractivity contribution in [2.24, 2.45) is 17.6 Å². The van der Waals surface area contributed by atoms with Crippen LogP contribution in [0.3, 0.4) is 0 Å². The summed E-state index contributed by atoms with van der Waals surface area (Å²) in [6, 6.07) is 4.62. The molecule has 5 amide bonds. The van der Waals surface area contributed by atoms with Gasteiger partial charge in [0.1, 0.15) is 36.8 Å². The summed E-state index contributed by atoms with van der Waals surface area (Å²) >= 11 is 0.